The molecule has 0 saturated heterocycles. The summed E-state index contributed by atoms with van der Waals surface area (Å²) in [6.45, 7) is 8.75. The van der Waals surface area contributed by atoms with Crippen LogP contribution in [0.3, 0.4) is 0 Å². The summed E-state index contributed by atoms with van der Waals surface area (Å²) in [7, 11) is 1.40. The predicted molar refractivity (Wildman–Crippen MR) is 105 cm³/mol. The normalized spacial score (nSPS) is 11.0. The van der Waals surface area contributed by atoms with E-state index < -0.39 is 0 Å². The molecule has 0 radical (unpaired) electrons. The number of benzene rings is 1. The predicted octanol–water partition coefficient (Wildman–Crippen LogP) is 3.85. The van der Waals surface area contributed by atoms with Crippen LogP contribution >= 0.6 is 0 Å². The molecule has 2 aromatic heterocycles. The summed E-state index contributed by atoms with van der Waals surface area (Å²) in [4.78, 5) is 11.6. The fourth-order valence-corrected chi connectivity index (χ4v) is 3.61. The van der Waals surface area contributed by atoms with Crippen LogP contribution in [0.5, 0.6) is 5.75 Å². The molecule has 0 spiro atoms. The summed E-state index contributed by atoms with van der Waals surface area (Å²) in [6.07, 6.45) is 0.792. The SMILES string of the molecule is CCOc1ccc(-n2c(C)c3c(C)nnc(CCC(=O)OC)c3c2C)cc1. The lowest BCUT2D eigenvalue weighted by Crippen LogP contribution is -2.05. The van der Waals surface area contributed by atoms with E-state index in [1.165, 1.54) is 7.11 Å². The molecule has 6 nitrogen and oxygen atoms in total. The van der Waals surface area contributed by atoms with Crippen molar-refractivity contribution in [3.05, 3.63) is 47.0 Å². The molecule has 3 aromatic rings. The number of carbonyl (C=O) groups excluding carboxylic acids is 1. The quantitative estimate of drug-likeness (QED) is 0.619. The Labute approximate surface area is 159 Å². The second kappa shape index (κ2) is 7.78. The minimum atomic E-state index is -0.245. The molecule has 0 aliphatic carbocycles. The van der Waals surface area contributed by atoms with E-state index in [4.69, 9.17) is 9.47 Å². The molecule has 0 aliphatic heterocycles. The van der Waals surface area contributed by atoms with Crippen LogP contribution < -0.4 is 4.74 Å². The summed E-state index contributed by atoms with van der Waals surface area (Å²) in [5.74, 6) is 0.609. The van der Waals surface area contributed by atoms with Crippen molar-refractivity contribution < 1.29 is 14.3 Å². The van der Waals surface area contributed by atoms with Gasteiger partial charge in [-0.1, -0.05) is 0 Å². The van der Waals surface area contributed by atoms with Crippen LogP contribution in [0.4, 0.5) is 0 Å². The first-order chi connectivity index (χ1) is 13.0. The molecular weight excluding hydrogens is 342 g/mol. The third kappa shape index (κ3) is 3.52. The smallest absolute Gasteiger partial charge is 0.305 e. The second-order valence-electron chi connectivity index (χ2n) is 6.49. The van der Waals surface area contributed by atoms with Crippen molar-refractivity contribution in [3.8, 4) is 11.4 Å². The highest BCUT2D eigenvalue weighted by Crippen LogP contribution is 2.32. The van der Waals surface area contributed by atoms with Crippen molar-refractivity contribution in [1.82, 2.24) is 14.8 Å². The number of esters is 1. The average molecular weight is 367 g/mol. The third-order valence-electron chi connectivity index (χ3n) is 4.82. The Morgan fingerprint density at radius 2 is 1.70 bits per heavy atom. The largest absolute Gasteiger partial charge is 0.494 e. The highest BCUT2D eigenvalue weighted by atomic mass is 16.5. The lowest BCUT2D eigenvalue weighted by molar-refractivity contribution is -0.140. The highest BCUT2D eigenvalue weighted by molar-refractivity contribution is 5.93. The van der Waals surface area contributed by atoms with E-state index in [0.29, 0.717) is 13.0 Å². The van der Waals surface area contributed by atoms with Crippen LogP contribution in [0.25, 0.3) is 16.5 Å². The Kier molecular flexibility index (Phi) is 5.44. The first-order valence-electron chi connectivity index (χ1n) is 9.11. The molecular formula is C21H25N3O3. The number of hydrogen-bond acceptors (Lipinski definition) is 5. The van der Waals surface area contributed by atoms with E-state index in [0.717, 1.165) is 45.0 Å². The molecule has 6 heteroatoms. The number of methoxy groups -OCH3 is 1. The number of aryl methyl sites for hydroxylation is 4. The fourth-order valence-electron chi connectivity index (χ4n) is 3.61. The van der Waals surface area contributed by atoms with E-state index in [2.05, 4.69) is 28.6 Å². The second-order valence-corrected chi connectivity index (χ2v) is 6.49. The highest BCUT2D eigenvalue weighted by Gasteiger charge is 2.19. The Morgan fingerprint density at radius 1 is 1.04 bits per heavy atom. The van der Waals surface area contributed by atoms with Crippen molar-refractivity contribution in [2.45, 2.75) is 40.5 Å². The topological polar surface area (TPSA) is 66.2 Å². The minimum absolute atomic E-state index is 0.245. The summed E-state index contributed by atoms with van der Waals surface area (Å²) >= 11 is 0. The van der Waals surface area contributed by atoms with Gasteiger partial charge in [-0.15, -0.1) is 0 Å². The summed E-state index contributed by atoms with van der Waals surface area (Å²) < 4.78 is 12.5. The van der Waals surface area contributed by atoms with Gasteiger partial charge in [0.1, 0.15) is 5.75 Å². The summed E-state index contributed by atoms with van der Waals surface area (Å²) in [5, 5.41) is 10.9. The fraction of sp³-hybridized carbons (Fsp3) is 0.381. The number of hydrogen-bond donors (Lipinski definition) is 0. The molecule has 0 amide bonds. The van der Waals surface area contributed by atoms with E-state index in [1.54, 1.807) is 0 Å². The van der Waals surface area contributed by atoms with Crippen molar-refractivity contribution in [3.63, 3.8) is 0 Å². The number of ether oxygens (including phenoxy) is 2. The van der Waals surface area contributed by atoms with Crippen molar-refractivity contribution in [1.29, 1.82) is 0 Å². The zero-order valence-electron chi connectivity index (χ0n) is 16.5. The molecule has 142 valence electrons. The molecule has 2 heterocycles. The average Bonchev–Trinajstić information content (AvgIpc) is 2.94. The van der Waals surface area contributed by atoms with Crippen LogP contribution in [0.2, 0.25) is 0 Å². The molecule has 0 atom stereocenters. The van der Waals surface area contributed by atoms with Crippen LogP contribution in [0.15, 0.2) is 24.3 Å². The first-order valence-corrected chi connectivity index (χ1v) is 9.11. The zero-order chi connectivity index (χ0) is 19.6. The third-order valence-corrected chi connectivity index (χ3v) is 4.82. The van der Waals surface area contributed by atoms with Gasteiger partial charge in [-0.3, -0.25) is 4.79 Å². The van der Waals surface area contributed by atoms with Gasteiger partial charge in [0, 0.05) is 34.3 Å². The Bertz CT molecular complexity index is 975. The standard InChI is InChI=1S/C21H25N3O3/c1-6-27-17-9-7-16(8-10-17)24-14(3)20-13(2)22-23-18(21(20)15(24)4)11-12-19(25)26-5/h7-10H,6,11-12H2,1-5H3. The molecule has 0 unspecified atom stereocenters. The van der Waals surface area contributed by atoms with Crippen LogP contribution in [0.1, 0.15) is 36.1 Å². The van der Waals surface area contributed by atoms with Crippen LogP contribution in [-0.4, -0.2) is 34.5 Å². The molecule has 0 saturated carbocycles. The Morgan fingerprint density at radius 3 is 2.33 bits per heavy atom. The molecule has 0 fully saturated rings. The van der Waals surface area contributed by atoms with E-state index >= 15 is 0 Å². The van der Waals surface area contributed by atoms with Gasteiger partial charge >= 0.3 is 5.97 Å². The number of rotatable bonds is 6. The van der Waals surface area contributed by atoms with Gasteiger partial charge in [-0.2, -0.15) is 10.2 Å². The van der Waals surface area contributed by atoms with Crippen LogP contribution in [0, 0.1) is 20.8 Å². The maximum atomic E-state index is 11.6. The van der Waals surface area contributed by atoms with Crippen molar-refractivity contribution >= 4 is 16.7 Å². The summed E-state index contributed by atoms with van der Waals surface area (Å²) in [5.41, 5.74) is 4.97. The number of fused-ring (bicyclic) bond motifs is 1. The molecule has 1 aromatic carbocycles. The van der Waals surface area contributed by atoms with Gasteiger partial charge in [0.15, 0.2) is 0 Å². The van der Waals surface area contributed by atoms with Gasteiger partial charge in [0.25, 0.3) is 0 Å². The monoisotopic (exact) mass is 367 g/mol. The maximum Gasteiger partial charge on any atom is 0.305 e. The van der Waals surface area contributed by atoms with Crippen molar-refractivity contribution in [2.24, 2.45) is 0 Å². The molecule has 0 bridgehead atoms. The Balaban J connectivity index is 2.12. The lowest BCUT2D eigenvalue weighted by Gasteiger charge is -2.10. The maximum absolute atomic E-state index is 11.6. The lowest BCUT2D eigenvalue weighted by atomic mass is 10.1. The number of nitrogens with zero attached hydrogens (tertiary/aromatic N) is 3. The number of aromatic nitrogens is 3. The first kappa shape index (κ1) is 18.9. The molecule has 27 heavy (non-hydrogen) atoms. The van der Waals surface area contributed by atoms with Gasteiger partial charge in [-0.05, 0) is 52.0 Å². The van der Waals surface area contributed by atoms with E-state index in [9.17, 15) is 4.79 Å². The van der Waals surface area contributed by atoms with Crippen LogP contribution in [-0.2, 0) is 16.0 Å². The van der Waals surface area contributed by atoms with Gasteiger partial charge in [0.05, 0.1) is 31.5 Å². The Hall–Kier alpha value is -2.89. The zero-order valence-corrected chi connectivity index (χ0v) is 16.5. The minimum Gasteiger partial charge on any atom is -0.494 e. The van der Waals surface area contributed by atoms with E-state index in [1.807, 2.05) is 38.1 Å². The van der Waals surface area contributed by atoms with E-state index in [-0.39, 0.29) is 12.4 Å². The van der Waals surface area contributed by atoms with Crippen molar-refractivity contribution in [2.75, 3.05) is 13.7 Å². The summed E-state index contributed by atoms with van der Waals surface area (Å²) in [6, 6.07) is 8.05. The molecule has 0 aliphatic rings. The van der Waals surface area contributed by atoms with Gasteiger partial charge < -0.3 is 14.0 Å². The van der Waals surface area contributed by atoms with Gasteiger partial charge in [0.2, 0.25) is 0 Å². The molecule has 3 rings (SSSR count). The van der Waals surface area contributed by atoms with Gasteiger partial charge in [-0.25, -0.2) is 0 Å². The number of carbonyl (C=O) groups is 1. The molecule has 0 N–H and O–H groups in total.